The van der Waals surface area contributed by atoms with Crippen LogP contribution in [0.2, 0.25) is 0 Å². The Hall–Kier alpha value is -0.490. The summed E-state index contributed by atoms with van der Waals surface area (Å²) in [5, 5.41) is 7.43. The minimum atomic E-state index is -1.59. The maximum absolute atomic E-state index is 10.3. The zero-order chi connectivity index (χ0) is 8.15. The summed E-state index contributed by atoms with van der Waals surface area (Å²) in [4.78, 5) is 30.4. The third kappa shape index (κ3) is 3.52. The molecule has 6 heteroatoms. The number of carboxylic acids is 1. The molecule has 0 radical (unpaired) electrons. The van der Waals surface area contributed by atoms with E-state index in [9.17, 15) is 14.4 Å². The first-order chi connectivity index (χ1) is 4.57. The Labute approximate surface area is 65.8 Å². The molecule has 0 aliphatic carbocycles. The van der Waals surface area contributed by atoms with Gasteiger partial charge in [-0.25, -0.2) is 4.79 Å². The van der Waals surface area contributed by atoms with Gasteiger partial charge in [-0.2, -0.15) is 0 Å². The quantitative estimate of drug-likeness (QED) is 0.279. The second-order valence-electron chi connectivity index (χ2n) is 1.37. The molecule has 4 nitrogen and oxygen atoms in total. The van der Waals surface area contributed by atoms with Crippen molar-refractivity contribution in [3.05, 3.63) is 0 Å². The largest absolute Gasteiger partial charge is 0.475 e. The van der Waals surface area contributed by atoms with Gasteiger partial charge >= 0.3 is 5.97 Å². The maximum atomic E-state index is 10.3. The molecule has 0 saturated heterocycles. The number of aliphatic carboxylic acids is 1. The molecule has 0 amide bonds. The average molecular weight is 180 g/mol. The lowest BCUT2D eigenvalue weighted by Gasteiger charge is -1.88. The molecule has 0 rings (SSSR count). The van der Waals surface area contributed by atoms with Crippen molar-refractivity contribution in [2.75, 3.05) is 0 Å². The minimum Gasteiger partial charge on any atom is -0.475 e. The van der Waals surface area contributed by atoms with E-state index in [1.54, 1.807) is 0 Å². The fraction of sp³-hybridized carbons (Fsp3) is 0.250. The number of rotatable bonds is 3. The van der Waals surface area contributed by atoms with Gasteiger partial charge in [0.2, 0.25) is 10.9 Å². The fourth-order valence-corrected chi connectivity index (χ4v) is 0.628. The van der Waals surface area contributed by atoms with Crippen molar-refractivity contribution >= 4 is 39.3 Å². The van der Waals surface area contributed by atoms with Gasteiger partial charge in [0.05, 0.1) is 6.42 Å². The van der Waals surface area contributed by atoms with E-state index < -0.39 is 23.3 Å². The first kappa shape index (κ1) is 9.51. The zero-order valence-corrected chi connectivity index (χ0v) is 6.45. The van der Waals surface area contributed by atoms with Crippen LogP contribution in [0.25, 0.3) is 0 Å². The normalized spacial score (nSPS) is 8.90. The standard InChI is InChI=1S/C4H4O4S2/c5-2(4(7)8)1-3(6)10-9/h9H,1H2,(H,7,8). The van der Waals surface area contributed by atoms with Crippen molar-refractivity contribution < 1.29 is 19.5 Å². The Morgan fingerprint density at radius 1 is 1.40 bits per heavy atom. The number of ketones is 1. The van der Waals surface area contributed by atoms with Crippen LogP contribution in [0, 0.1) is 0 Å². The Morgan fingerprint density at radius 2 is 1.90 bits per heavy atom. The Morgan fingerprint density at radius 3 is 2.20 bits per heavy atom. The van der Waals surface area contributed by atoms with Crippen molar-refractivity contribution in [3.8, 4) is 0 Å². The summed E-state index contributed by atoms with van der Waals surface area (Å²) in [6.45, 7) is 0. The number of hydrogen-bond donors (Lipinski definition) is 2. The summed E-state index contributed by atoms with van der Waals surface area (Å²) in [6, 6.07) is 0. The fourth-order valence-electron chi connectivity index (χ4n) is 0.239. The van der Waals surface area contributed by atoms with Crippen molar-refractivity contribution in [2.45, 2.75) is 6.42 Å². The van der Waals surface area contributed by atoms with Crippen LogP contribution in [0.4, 0.5) is 0 Å². The van der Waals surface area contributed by atoms with E-state index in [1.165, 1.54) is 0 Å². The van der Waals surface area contributed by atoms with Gasteiger partial charge in [-0.3, -0.25) is 9.59 Å². The lowest BCUT2D eigenvalue weighted by molar-refractivity contribution is -0.149. The molecule has 56 valence electrons. The monoisotopic (exact) mass is 180 g/mol. The molecule has 0 heterocycles. The van der Waals surface area contributed by atoms with Gasteiger partial charge in [0.1, 0.15) is 0 Å². The molecule has 0 fully saturated rings. The molecular weight excluding hydrogens is 176 g/mol. The van der Waals surface area contributed by atoms with Crippen molar-refractivity contribution in [3.63, 3.8) is 0 Å². The van der Waals surface area contributed by atoms with E-state index in [0.29, 0.717) is 10.8 Å². The summed E-state index contributed by atoms with van der Waals surface area (Å²) in [6.07, 6.45) is -0.594. The van der Waals surface area contributed by atoms with Gasteiger partial charge in [-0.1, -0.05) is 0 Å². The van der Waals surface area contributed by atoms with Gasteiger partial charge in [0, 0.05) is 0 Å². The Kier molecular flexibility index (Phi) is 4.13. The van der Waals surface area contributed by atoms with Gasteiger partial charge in [-0.15, -0.1) is 11.7 Å². The molecule has 0 aromatic rings. The second-order valence-corrected chi connectivity index (χ2v) is 2.55. The van der Waals surface area contributed by atoms with Crippen LogP contribution in [0.5, 0.6) is 0 Å². The van der Waals surface area contributed by atoms with Crippen LogP contribution >= 0.6 is 22.5 Å². The van der Waals surface area contributed by atoms with Crippen LogP contribution in [-0.2, 0) is 14.4 Å². The summed E-state index contributed by atoms with van der Waals surface area (Å²) >= 11 is 3.48. The first-order valence-corrected chi connectivity index (χ1v) is 4.05. The van der Waals surface area contributed by atoms with E-state index in [0.717, 1.165) is 0 Å². The number of carboxylic acid groups (broad SMARTS) is 1. The van der Waals surface area contributed by atoms with Crippen molar-refractivity contribution in [2.24, 2.45) is 0 Å². The van der Waals surface area contributed by atoms with Crippen LogP contribution in [-0.4, -0.2) is 22.0 Å². The molecule has 0 aromatic heterocycles. The van der Waals surface area contributed by atoms with Gasteiger partial charge in [0.15, 0.2) is 0 Å². The van der Waals surface area contributed by atoms with Gasteiger partial charge in [0.25, 0.3) is 0 Å². The molecule has 0 atom stereocenters. The molecule has 0 unspecified atom stereocenters. The molecule has 0 saturated carbocycles. The topological polar surface area (TPSA) is 71.4 Å². The van der Waals surface area contributed by atoms with E-state index in [4.69, 9.17) is 5.11 Å². The highest BCUT2D eigenvalue weighted by atomic mass is 33.1. The lowest BCUT2D eigenvalue weighted by Crippen LogP contribution is -2.14. The maximum Gasteiger partial charge on any atom is 0.372 e. The number of carbonyl (C=O) groups is 3. The van der Waals surface area contributed by atoms with Gasteiger partial charge < -0.3 is 5.11 Å². The smallest absolute Gasteiger partial charge is 0.372 e. The van der Waals surface area contributed by atoms with Crippen molar-refractivity contribution in [1.82, 2.24) is 0 Å². The second kappa shape index (κ2) is 4.35. The summed E-state index contributed by atoms with van der Waals surface area (Å²) in [7, 11) is 0.542. The predicted molar refractivity (Wildman–Crippen MR) is 38.8 cm³/mol. The number of hydrogen-bond acceptors (Lipinski definition) is 5. The van der Waals surface area contributed by atoms with Crippen LogP contribution < -0.4 is 0 Å². The lowest BCUT2D eigenvalue weighted by atomic mass is 10.3. The Balaban J connectivity index is 3.80. The Bertz CT molecular complexity index is 176. The average Bonchev–Trinajstić information content (AvgIpc) is 1.87. The zero-order valence-electron chi connectivity index (χ0n) is 4.73. The molecule has 0 aromatic carbocycles. The SMILES string of the molecule is O=C(CC(=O)C(=O)O)SS. The van der Waals surface area contributed by atoms with Crippen LogP contribution in [0.15, 0.2) is 0 Å². The highest BCUT2D eigenvalue weighted by Crippen LogP contribution is 2.08. The third-order valence-electron chi connectivity index (χ3n) is 0.645. The molecular formula is C4H4O4S2. The third-order valence-corrected chi connectivity index (χ3v) is 1.60. The predicted octanol–water partition coefficient (Wildman–Crippen LogP) is 0.135. The summed E-state index contributed by atoms with van der Waals surface area (Å²) in [5.41, 5.74) is 0. The molecule has 0 aliphatic rings. The summed E-state index contributed by atoms with van der Waals surface area (Å²) in [5.74, 6) is -2.69. The molecule has 10 heavy (non-hydrogen) atoms. The van der Waals surface area contributed by atoms with E-state index in [2.05, 4.69) is 11.7 Å². The highest BCUT2D eigenvalue weighted by Gasteiger charge is 2.15. The van der Waals surface area contributed by atoms with Crippen LogP contribution in [0.1, 0.15) is 6.42 Å². The number of thiol groups is 1. The van der Waals surface area contributed by atoms with E-state index in [-0.39, 0.29) is 0 Å². The van der Waals surface area contributed by atoms with E-state index >= 15 is 0 Å². The first-order valence-electron chi connectivity index (χ1n) is 2.18. The minimum absolute atomic E-state index is 0.542. The number of Topliss-reactive ketones (excluding diaryl/α,β-unsaturated/α-hetero) is 1. The molecule has 1 N–H and O–H groups in total. The van der Waals surface area contributed by atoms with Crippen molar-refractivity contribution in [1.29, 1.82) is 0 Å². The van der Waals surface area contributed by atoms with E-state index in [1.807, 2.05) is 0 Å². The van der Waals surface area contributed by atoms with Crippen LogP contribution in [0.3, 0.4) is 0 Å². The van der Waals surface area contributed by atoms with Gasteiger partial charge in [-0.05, 0) is 10.8 Å². The molecule has 0 aliphatic heterocycles. The number of carbonyl (C=O) groups excluding carboxylic acids is 2. The molecule has 0 spiro atoms. The summed E-state index contributed by atoms with van der Waals surface area (Å²) < 4.78 is 0. The molecule has 0 bridgehead atoms. The highest BCUT2D eigenvalue weighted by molar-refractivity contribution is 8.74.